The number of nitrogens with zero attached hydrogens (tertiary/aromatic N) is 1. The topological polar surface area (TPSA) is 89.3 Å². The number of aldehydes is 1. The molecule has 20 heavy (non-hydrogen) atoms. The lowest BCUT2D eigenvalue weighted by atomic mass is 10.0. The van der Waals surface area contributed by atoms with E-state index in [9.17, 15) is 19.7 Å². The van der Waals surface area contributed by atoms with Crippen molar-refractivity contribution in [2.45, 2.75) is 0 Å². The van der Waals surface area contributed by atoms with E-state index in [-0.39, 0.29) is 12.0 Å². The van der Waals surface area contributed by atoms with Gasteiger partial charge in [-0.15, -0.1) is 0 Å². The van der Waals surface area contributed by atoms with Gasteiger partial charge < -0.3 is 5.32 Å². The number of carbonyl (C=O) groups excluding carboxylic acids is 2. The minimum Gasteiger partial charge on any atom is -0.319 e. The third-order valence-corrected chi connectivity index (χ3v) is 2.66. The zero-order chi connectivity index (χ0) is 14.5. The van der Waals surface area contributed by atoms with E-state index in [4.69, 9.17) is 0 Å². The second kappa shape index (κ2) is 5.75. The molecule has 100 valence electrons. The molecule has 2 aromatic rings. The minimum atomic E-state index is -0.809. The van der Waals surface area contributed by atoms with Gasteiger partial charge in [0.15, 0.2) is 0 Å². The van der Waals surface area contributed by atoms with Gasteiger partial charge in [-0.25, -0.2) is 0 Å². The summed E-state index contributed by atoms with van der Waals surface area (Å²) in [5.41, 5.74) is 1.44. The van der Waals surface area contributed by atoms with Crippen LogP contribution in [0.3, 0.4) is 0 Å². The number of hydrogen-bond donors (Lipinski definition) is 1. The van der Waals surface area contributed by atoms with Crippen LogP contribution in [0.5, 0.6) is 0 Å². The van der Waals surface area contributed by atoms with Gasteiger partial charge in [-0.2, -0.15) is 0 Å². The highest BCUT2D eigenvalue weighted by Gasteiger charge is 2.13. The first-order valence-electron chi connectivity index (χ1n) is 5.72. The number of hydrogen-bond acceptors (Lipinski definition) is 4. The molecule has 0 aliphatic heterocycles. The summed E-state index contributed by atoms with van der Waals surface area (Å²) in [6.45, 7) is 0. The number of carbonyl (C=O) groups is 2. The van der Waals surface area contributed by atoms with Crippen molar-refractivity contribution in [1.29, 1.82) is 0 Å². The first-order chi connectivity index (χ1) is 9.61. The summed E-state index contributed by atoms with van der Waals surface area (Å²) in [4.78, 5) is 31.9. The van der Waals surface area contributed by atoms with Crippen LogP contribution in [0.2, 0.25) is 0 Å². The Labute approximate surface area is 114 Å². The molecule has 0 radical (unpaired) electrons. The van der Waals surface area contributed by atoms with Gasteiger partial charge in [-0.3, -0.25) is 19.7 Å². The van der Waals surface area contributed by atoms with Crippen molar-refractivity contribution in [3.05, 3.63) is 58.6 Å². The fourth-order valence-electron chi connectivity index (χ4n) is 1.77. The molecule has 0 spiro atoms. The molecule has 2 rings (SSSR count). The van der Waals surface area contributed by atoms with Crippen molar-refractivity contribution < 1.29 is 14.5 Å². The second-order valence-electron chi connectivity index (χ2n) is 3.96. The monoisotopic (exact) mass is 270 g/mol. The van der Waals surface area contributed by atoms with E-state index in [1.54, 1.807) is 24.3 Å². The number of nitro benzene ring substituents is 1. The average molecular weight is 270 g/mol. The molecule has 1 N–H and O–H groups in total. The summed E-state index contributed by atoms with van der Waals surface area (Å²) in [5.74, 6) is -0.809. The van der Waals surface area contributed by atoms with Crippen molar-refractivity contribution in [1.82, 2.24) is 0 Å². The van der Waals surface area contributed by atoms with Gasteiger partial charge in [0.1, 0.15) is 0 Å². The Kier molecular flexibility index (Phi) is 3.85. The molecule has 6 heteroatoms. The smallest absolute Gasteiger partial charge is 0.288 e. The molecule has 6 nitrogen and oxygen atoms in total. The van der Waals surface area contributed by atoms with E-state index in [1.165, 1.54) is 18.2 Å². The summed E-state index contributed by atoms with van der Waals surface area (Å²) in [7, 11) is 0. The first kappa shape index (κ1) is 13.4. The van der Waals surface area contributed by atoms with Gasteiger partial charge >= 0.3 is 0 Å². The number of nitrogens with one attached hydrogen (secondary N) is 1. The highest BCUT2D eigenvalue weighted by molar-refractivity contribution is 6.30. The van der Waals surface area contributed by atoms with E-state index in [0.29, 0.717) is 16.8 Å². The number of anilines is 1. The predicted molar refractivity (Wildman–Crippen MR) is 73.2 cm³/mol. The maximum Gasteiger partial charge on any atom is 0.288 e. The maximum atomic E-state index is 11.2. The Morgan fingerprint density at radius 3 is 2.45 bits per heavy atom. The second-order valence-corrected chi connectivity index (χ2v) is 3.96. The molecular weight excluding hydrogens is 260 g/mol. The van der Waals surface area contributed by atoms with Gasteiger partial charge in [0.2, 0.25) is 6.29 Å². The van der Waals surface area contributed by atoms with E-state index >= 15 is 0 Å². The average Bonchev–Trinajstić information content (AvgIpc) is 2.48. The van der Waals surface area contributed by atoms with Crippen LogP contribution in [0, 0.1) is 10.1 Å². The van der Waals surface area contributed by atoms with Crippen molar-refractivity contribution >= 4 is 23.6 Å². The molecular formula is C14H10N2O4. The molecule has 2 aromatic carbocycles. The minimum absolute atomic E-state index is 0.0899. The molecule has 0 aliphatic carbocycles. The van der Waals surface area contributed by atoms with Crippen molar-refractivity contribution in [3.63, 3.8) is 0 Å². The van der Waals surface area contributed by atoms with Crippen LogP contribution in [0.1, 0.15) is 0 Å². The number of nitro groups is 1. The Hall–Kier alpha value is -3.02. The number of rotatable bonds is 4. The van der Waals surface area contributed by atoms with E-state index in [1.807, 2.05) is 6.07 Å². The molecule has 0 aromatic heterocycles. The van der Waals surface area contributed by atoms with Crippen LogP contribution in [0.25, 0.3) is 11.1 Å². The summed E-state index contributed by atoms with van der Waals surface area (Å²) < 4.78 is 0. The van der Waals surface area contributed by atoms with Crippen LogP contribution in [0.15, 0.2) is 48.5 Å². The molecule has 0 saturated heterocycles. The highest BCUT2D eigenvalue weighted by atomic mass is 16.6. The summed E-state index contributed by atoms with van der Waals surface area (Å²) in [5, 5.41) is 13.2. The Balaban J connectivity index is 2.54. The lowest BCUT2D eigenvalue weighted by Gasteiger charge is -2.09. The zero-order valence-electron chi connectivity index (χ0n) is 10.3. The first-order valence-corrected chi connectivity index (χ1v) is 5.72. The van der Waals surface area contributed by atoms with Crippen molar-refractivity contribution in [2.75, 3.05) is 5.32 Å². The van der Waals surface area contributed by atoms with Gasteiger partial charge in [0.25, 0.3) is 11.6 Å². The quantitative estimate of drug-likeness (QED) is 0.400. The van der Waals surface area contributed by atoms with Gasteiger partial charge in [0, 0.05) is 23.4 Å². The van der Waals surface area contributed by atoms with Gasteiger partial charge in [-0.05, 0) is 11.6 Å². The molecule has 1 amide bonds. The van der Waals surface area contributed by atoms with Crippen LogP contribution < -0.4 is 5.32 Å². The fourth-order valence-corrected chi connectivity index (χ4v) is 1.77. The lowest BCUT2D eigenvalue weighted by Crippen LogP contribution is -2.13. The van der Waals surface area contributed by atoms with Gasteiger partial charge in [0.05, 0.1) is 4.92 Å². The van der Waals surface area contributed by atoms with E-state index < -0.39 is 10.8 Å². The normalized spacial score (nSPS) is 9.80. The highest BCUT2D eigenvalue weighted by Crippen LogP contribution is 2.31. The van der Waals surface area contributed by atoms with Crippen LogP contribution in [-0.2, 0) is 9.59 Å². The predicted octanol–water partition coefficient (Wildman–Crippen LogP) is 2.40. The largest absolute Gasteiger partial charge is 0.319 e. The molecule has 0 atom stereocenters. The molecule has 0 bridgehead atoms. The van der Waals surface area contributed by atoms with Gasteiger partial charge in [-0.1, -0.05) is 30.3 Å². The molecule has 0 heterocycles. The summed E-state index contributed by atoms with van der Waals surface area (Å²) >= 11 is 0. The summed E-state index contributed by atoms with van der Waals surface area (Å²) in [6, 6.07) is 12.9. The van der Waals surface area contributed by atoms with E-state index in [2.05, 4.69) is 5.32 Å². The zero-order valence-corrected chi connectivity index (χ0v) is 10.3. The van der Waals surface area contributed by atoms with Crippen molar-refractivity contribution in [2.24, 2.45) is 0 Å². The SMILES string of the molecule is O=CC(=O)Nc1ccc([N+](=O)[O-])cc1-c1ccccc1. The van der Waals surface area contributed by atoms with Crippen LogP contribution in [-0.4, -0.2) is 17.1 Å². The number of benzene rings is 2. The third-order valence-electron chi connectivity index (χ3n) is 2.66. The van der Waals surface area contributed by atoms with E-state index in [0.717, 1.165) is 0 Å². The Bertz CT molecular complexity index is 668. The van der Waals surface area contributed by atoms with Crippen LogP contribution >= 0.6 is 0 Å². The molecule has 0 unspecified atom stereocenters. The Morgan fingerprint density at radius 2 is 1.85 bits per heavy atom. The Morgan fingerprint density at radius 1 is 1.15 bits per heavy atom. The standard InChI is InChI=1S/C14H10N2O4/c17-9-14(18)15-13-7-6-11(16(19)20)8-12(13)10-4-2-1-3-5-10/h1-9H,(H,15,18). The number of amides is 1. The number of non-ortho nitro benzene ring substituents is 1. The lowest BCUT2D eigenvalue weighted by molar-refractivity contribution is -0.384. The fraction of sp³-hybridized carbons (Fsp3) is 0. The van der Waals surface area contributed by atoms with Crippen LogP contribution in [0.4, 0.5) is 11.4 Å². The third kappa shape index (κ3) is 2.86. The molecule has 0 aliphatic rings. The summed E-state index contributed by atoms with van der Waals surface area (Å²) in [6.07, 6.45) is 0.149. The molecule has 0 fully saturated rings. The molecule has 0 saturated carbocycles. The maximum absolute atomic E-state index is 11.2. The van der Waals surface area contributed by atoms with Crippen molar-refractivity contribution in [3.8, 4) is 11.1 Å².